The molecule has 2 rings (SSSR count). The van der Waals surface area contributed by atoms with Crippen molar-refractivity contribution in [1.29, 1.82) is 0 Å². The minimum absolute atomic E-state index is 0.116. The van der Waals surface area contributed by atoms with Crippen molar-refractivity contribution in [2.45, 2.75) is 25.8 Å². The topological polar surface area (TPSA) is 80.5 Å². The van der Waals surface area contributed by atoms with Gasteiger partial charge in [0.2, 0.25) is 10.0 Å². The lowest BCUT2D eigenvalue weighted by Gasteiger charge is -2.24. The van der Waals surface area contributed by atoms with E-state index in [0.717, 1.165) is 12.0 Å². The molecule has 5 nitrogen and oxygen atoms in total. The first-order valence-corrected chi connectivity index (χ1v) is 7.96. The van der Waals surface area contributed by atoms with E-state index in [2.05, 4.69) is 0 Å². The van der Waals surface area contributed by atoms with E-state index in [1.54, 1.807) is 11.0 Å². The normalized spacial score (nSPS) is 19.7. The molecular weight excluding hydrogens is 264 g/mol. The molecule has 0 aromatic heterocycles. The van der Waals surface area contributed by atoms with Gasteiger partial charge in [-0.25, -0.2) is 13.6 Å². The van der Waals surface area contributed by atoms with Crippen LogP contribution >= 0.6 is 0 Å². The van der Waals surface area contributed by atoms with Crippen LogP contribution in [-0.4, -0.2) is 37.6 Å². The van der Waals surface area contributed by atoms with Crippen LogP contribution < -0.4 is 5.14 Å². The molecule has 1 saturated heterocycles. The number of nitrogens with two attached hydrogens (primary N) is 1. The lowest BCUT2D eigenvalue weighted by Crippen LogP contribution is -2.41. The fourth-order valence-electron chi connectivity index (χ4n) is 2.49. The number of carbonyl (C=O) groups is 1. The van der Waals surface area contributed by atoms with Gasteiger partial charge in [-0.05, 0) is 31.9 Å². The van der Waals surface area contributed by atoms with Crippen molar-refractivity contribution in [2.75, 3.05) is 12.3 Å². The molecule has 0 bridgehead atoms. The van der Waals surface area contributed by atoms with Gasteiger partial charge in [0.05, 0.1) is 5.75 Å². The summed E-state index contributed by atoms with van der Waals surface area (Å²) in [6, 6.07) is 7.01. The summed E-state index contributed by atoms with van der Waals surface area (Å²) in [6.45, 7) is 2.51. The summed E-state index contributed by atoms with van der Waals surface area (Å²) in [5.74, 6) is -0.278. The highest BCUT2D eigenvalue weighted by Gasteiger charge is 2.31. The van der Waals surface area contributed by atoms with Gasteiger partial charge in [-0.3, -0.25) is 4.79 Å². The van der Waals surface area contributed by atoms with Gasteiger partial charge in [-0.2, -0.15) is 0 Å². The van der Waals surface area contributed by atoms with Crippen LogP contribution in [0.25, 0.3) is 0 Å². The Morgan fingerprint density at radius 1 is 1.47 bits per heavy atom. The number of nitrogens with zero attached hydrogens (tertiary/aromatic N) is 1. The molecule has 6 heteroatoms. The number of carbonyl (C=O) groups excluding carboxylic acids is 1. The highest BCUT2D eigenvalue weighted by atomic mass is 32.2. The smallest absolute Gasteiger partial charge is 0.254 e. The average Bonchev–Trinajstić information content (AvgIpc) is 2.73. The molecule has 1 atom stereocenters. The lowest BCUT2D eigenvalue weighted by atomic mass is 10.1. The van der Waals surface area contributed by atoms with Crippen LogP contribution in [0.1, 0.15) is 28.8 Å². The highest BCUT2D eigenvalue weighted by Crippen LogP contribution is 2.21. The second-order valence-corrected chi connectivity index (χ2v) is 6.65. The standard InChI is InChI=1S/C13H18N2O3S/c1-10-4-2-5-11(8-10)13(16)15-7-3-6-12(15)9-19(14,17)18/h2,4-5,8,12H,3,6-7,9H2,1H3,(H2,14,17,18)/t12-/m0/s1. The summed E-state index contributed by atoms with van der Waals surface area (Å²) in [5.41, 5.74) is 1.61. The number of benzene rings is 1. The second kappa shape index (κ2) is 5.30. The first kappa shape index (κ1) is 14.0. The van der Waals surface area contributed by atoms with Crippen LogP contribution in [0.2, 0.25) is 0 Å². The molecule has 1 aliphatic heterocycles. The van der Waals surface area contributed by atoms with E-state index in [1.165, 1.54) is 0 Å². The number of aryl methyl sites for hydroxylation is 1. The largest absolute Gasteiger partial charge is 0.335 e. The Hall–Kier alpha value is -1.40. The molecule has 0 radical (unpaired) electrons. The van der Waals surface area contributed by atoms with Gasteiger partial charge in [0.25, 0.3) is 5.91 Å². The van der Waals surface area contributed by atoms with Crippen LogP contribution in [0.3, 0.4) is 0 Å². The SMILES string of the molecule is Cc1cccc(C(=O)N2CCC[C@H]2CS(N)(=O)=O)c1. The van der Waals surface area contributed by atoms with Crippen molar-refractivity contribution in [3.05, 3.63) is 35.4 Å². The zero-order valence-electron chi connectivity index (χ0n) is 10.9. The molecule has 0 unspecified atom stereocenters. The van der Waals surface area contributed by atoms with Crippen LogP contribution in [0.4, 0.5) is 0 Å². The van der Waals surface area contributed by atoms with E-state index in [0.29, 0.717) is 18.5 Å². The maximum absolute atomic E-state index is 12.4. The summed E-state index contributed by atoms with van der Waals surface area (Å²) in [6.07, 6.45) is 1.51. The zero-order valence-corrected chi connectivity index (χ0v) is 11.7. The minimum atomic E-state index is -3.56. The number of primary sulfonamides is 1. The Morgan fingerprint density at radius 3 is 2.84 bits per heavy atom. The van der Waals surface area contributed by atoms with Crippen molar-refractivity contribution in [1.82, 2.24) is 4.90 Å². The van der Waals surface area contributed by atoms with Gasteiger partial charge in [0.15, 0.2) is 0 Å². The fraction of sp³-hybridized carbons (Fsp3) is 0.462. The Kier molecular flexibility index (Phi) is 3.91. The summed E-state index contributed by atoms with van der Waals surface area (Å²) in [5, 5.41) is 5.07. The Balaban J connectivity index is 2.18. The lowest BCUT2D eigenvalue weighted by molar-refractivity contribution is 0.0749. The van der Waals surface area contributed by atoms with Gasteiger partial charge in [0.1, 0.15) is 0 Å². The first-order valence-electron chi connectivity index (χ1n) is 6.25. The number of hydrogen-bond donors (Lipinski definition) is 1. The molecule has 0 aliphatic carbocycles. The molecule has 2 N–H and O–H groups in total. The minimum Gasteiger partial charge on any atom is -0.335 e. The summed E-state index contributed by atoms with van der Waals surface area (Å²) in [7, 11) is -3.56. The molecular formula is C13H18N2O3S. The van der Waals surface area contributed by atoms with Crippen molar-refractivity contribution in [3.8, 4) is 0 Å². The summed E-state index contributed by atoms with van der Waals surface area (Å²) >= 11 is 0. The highest BCUT2D eigenvalue weighted by molar-refractivity contribution is 7.89. The number of rotatable bonds is 3. The quantitative estimate of drug-likeness (QED) is 0.894. The molecule has 1 aromatic carbocycles. The molecule has 1 aliphatic rings. The Labute approximate surface area is 113 Å². The van der Waals surface area contributed by atoms with Gasteiger partial charge in [0, 0.05) is 18.2 Å². The fourth-order valence-corrected chi connectivity index (χ4v) is 3.37. The average molecular weight is 282 g/mol. The third kappa shape index (κ3) is 3.54. The van der Waals surface area contributed by atoms with Crippen LogP contribution in [0, 0.1) is 6.92 Å². The molecule has 0 spiro atoms. The van der Waals surface area contributed by atoms with Gasteiger partial charge >= 0.3 is 0 Å². The van der Waals surface area contributed by atoms with Crippen LogP contribution in [0.15, 0.2) is 24.3 Å². The van der Waals surface area contributed by atoms with E-state index in [4.69, 9.17) is 5.14 Å². The van der Waals surface area contributed by atoms with Crippen LogP contribution in [-0.2, 0) is 10.0 Å². The van der Waals surface area contributed by atoms with Crippen molar-refractivity contribution >= 4 is 15.9 Å². The van der Waals surface area contributed by atoms with Gasteiger partial charge in [-0.1, -0.05) is 17.7 Å². The van der Waals surface area contributed by atoms with Gasteiger partial charge in [-0.15, -0.1) is 0 Å². The maximum Gasteiger partial charge on any atom is 0.254 e. The maximum atomic E-state index is 12.4. The van der Waals surface area contributed by atoms with E-state index < -0.39 is 10.0 Å². The zero-order chi connectivity index (χ0) is 14.0. The van der Waals surface area contributed by atoms with E-state index in [-0.39, 0.29) is 17.7 Å². The molecule has 1 aromatic rings. The van der Waals surface area contributed by atoms with E-state index in [1.807, 2.05) is 25.1 Å². The second-order valence-electron chi connectivity index (χ2n) is 4.99. The third-order valence-electron chi connectivity index (χ3n) is 3.33. The first-order chi connectivity index (χ1) is 8.87. The molecule has 1 amide bonds. The molecule has 0 saturated carbocycles. The van der Waals surface area contributed by atoms with Gasteiger partial charge < -0.3 is 4.90 Å². The Morgan fingerprint density at radius 2 is 2.21 bits per heavy atom. The molecule has 104 valence electrons. The van der Waals surface area contributed by atoms with E-state index >= 15 is 0 Å². The number of amides is 1. The summed E-state index contributed by atoms with van der Waals surface area (Å²) in [4.78, 5) is 14.0. The van der Waals surface area contributed by atoms with Crippen molar-refractivity contribution in [3.63, 3.8) is 0 Å². The number of hydrogen-bond acceptors (Lipinski definition) is 3. The predicted molar refractivity (Wildman–Crippen MR) is 73.2 cm³/mol. The third-order valence-corrected chi connectivity index (χ3v) is 4.18. The number of sulfonamides is 1. The number of likely N-dealkylation sites (tertiary alicyclic amines) is 1. The van der Waals surface area contributed by atoms with Crippen LogP contribution in [0.5, 0.6) is 0 Å². The van der Waals surface area contributed by atoms with E-state index in [9.17, 15) is 13.2 Å². The molecule has 19 heavy (non-hydrogen) atoms. The molecule has 1 heterocycles. The summed E-state index contributed by atoms with van der Waals surface area (Å²) < 4.78 is 22.4. The molecule has 1 fully saturated rings. The monoisotopic (exact) mass is 282 g/mol. The predicted octanol–water partition coefficient (Wildman–Crippen LogP) is 0.888. The Bertz CT molecular complexity index is 583. The van der Waals surface area contributed by atoms with Crippen molar-refractivity contribution < 1.29 is 13.2 Å². The van der Waals surface area contributed by atoms with Crippen molar-refractivity contribution in [2.24, 2.45) is 5.14 Å².